The van der Waals surface area contributed by atoms with Crippen LogP contribution in [0.5, 0.6) is 5.75 Å². The Morgan fingerprint density at radius 2 is 2.05 bits per heavy atom. The minimum Gasteiger partial charge on any atom is -0.483 e. The van der Waals surface area contributed by atoms with Crippen molar-refractivity contribution in [1.82, 2.24) is 0 Å². The Labute approximate surface area is 131 Å². The van der Waals surface area contributed by atoms with Crippen molar-refractivity contribution < 1.29 is 14.3 Å². The average Bonchev–Trinajstić information content (AvgIpc) is 2.53. The molecule has 0 radical (unpaired) electrons. The Hall–Kier alpha value is -1.16. The smallest absolute Gasteiger partial charge is 0.305 e. The van der Waals surface area contributed by atoms with E-state index in [4.69, 9.17) is 9.47 Å². The third-order valence-electron chi connectivity index (χ3n) is 3.92. The Balaban J connectivity index is 2.18. The molecular formula is C17H24O3S. The highest BCUT2D eigenvalue weighted by molar-refractivity contribution is 7.98. The topological polar surface area (TPSA) is 35.5 Å². The first-order chi connectivity index (χ1) is 10.3. The first kappa shape index (κ1) is 16.2. The second-order valence-electron chi connectivity index (χ2n) is 5.36. The third-order valence-corrected chi connectivity index (χ3v) is 4.28. The van der Waals surface area contributed by atoms with Crippen LogP contribution >= 0.6 is 11.8 Å². The summed E-state index contributed by atoms with van der Waals surface area (Å²) in [6.45, 7) is 1.84. The highest BCUT2D eigenvalue weighted by atomic mass is 32.2. The monoisotopic (exact) mass is 308 g/mol. The molecule has 0 saturated heterocycles. The number of hydrogen-bond donors (Lipinski definition) is 0. The molecule has 1 aliphatic rings. The van der Waals surface area contributed by atoms with Crippen LogP contribution in [-0.4, -0.2) is 24.3 Å². The highest BCUT2D eigenvalue weighted by Gasteiger charge is 2.31. The van der Waals surface area contributed by atoms with Crippen LogP contribution < -0.4 is 4.74 Å². The number of para-hydroxylation sites is 1. The number of thioether (sulfide) groups is 1. The van der Waals surface area contributed by atoms with E-state index in [1.54, 1.807) is 11.8 Å². The molecule has 0 heterocycles. The predicted octanol–water partition coefficient (Wildman–Crippen LogP) is 4.37. The molecule has 0 N–H and O–H groups in total. The quantitative estimate of drug-likeness (QED) is 0.577. The Bertz CT molecular complexity index is 461. The minimum absolute atomic E-state index is 0.00905. The van der Waals surface area contributed by atoms with E-state index in [1.165, 1.54) is 12.0 Å². The Morgan fingerprint density at radius 1 is 1.29 bits per heavy atom. The summed E-state index contributed by atoms with van der Waals surface area (Å²) in [7, 11) is 0. The molecule has 1 fully saturated rings. The van der Waals surface area contributed by atoms with Gasteiger partial charge in [0.15, 0.2) is 0 Å². The maximum atomic E-state index is 11.7. The average molecular weight is 308 g/mol. The number of hydrogen-bond acceptors (Lipinski definition) is 4. The number of carbonyl (C=O) groups is 1. The van der Waals surface area contributed by atoms with Crippen molar-refractivity contribution in [2.75, 3.05) is 12.2 Å². The lowest BCUT2D eigenvalue weighted by Crippen LogP contribution is -2.28. The molecule has 116 valence electrons. The fourth-order valence-electron chi connectivity index (χ4n) is 2.89. The molecule has 0 unspecified atom stereocenters. The van der Waals surface area contributed by atoms with E-state index in [9.17, 15) is 4.79 Å². The summed E-state index contributed by atoms with van der Waals surface area (Å²) < 4.78 is 11.5. The lowest BCUT2D eigenvalue weighted by atomic mass is 9.81. The van der Waals surface area contributed by atoms with Crippen molar-refractivity contribution in [3.63, 3.8) is 0 Å². The number of esters is 1. The maximum Gasteiger partial charge on any atom is 0.305 e. The van der Waals surface area contributed by atoms with E-state index in [0.717, 1.165) is 25.0 Å². The lowest BCUT2D eigenvalue weighted by molar-refractivity contribution is -0.151. The zero-order chi connectivity index (χ0) is 15.1. The van der Waals surface area contributed by atoms with Gasteiger partial charge in [-0.05, 0) is 31.6 Å². The summed E-state index contributed by atoms with van der Waals surface area (Å²) in [4.78, 5) is 11.7. The van der Waals surface area contributed by atoms with Crippen LogP contribution in [0.25, 0.3) is 0 Å². The van der Waals surface area contributed by atoms with E-state index in [0.29, 0.717) is 12.4 Å². The fraction of sp³-hybridized carbons (Fsp3) is 0.588. The predicted molar refractivity (Wildman–Crippen MR) is 86.8 cm³/mol. The largest absolute Gasteiger partial charge is 0.483 e. The van der Waals surface area contributed by atoms with Crippen molar-refractivity contribution in [3.05, 3.63) is 29.8 Å². The summed E-state index contributed by atoms with van der Waals surface area (Å²) in [5, 5.41) is 0. The van der Waals surface area contributed by atoms with E-state index < -0.39 is 0 Å². The molecule has 3 nitrogen and oxygen atoms in total. The van der Waals surface area contributed by atoms with Crippen LogP contribution in [0.3, 0.4) is 0 Å². The van der Waals surface area contributed by atoms with Crippen LogP contribution in [0, 0.1) is 0 Å². The van der Waals surface area contributed by atoms with Crippen LogP contribution in [0.15, 0.2) is 24.3 Å². The SMILES string of the molecule is CCC(=O)O[C@H]1CCCC[C@@H]1c1ccccc1OCSC. The molecule has 0 amide bonds. The van der Waals surface area contributed by atoms with Gasteiger partial charge in [-0.2, -0.15) is 0 Å². The fourth-order valence-corrected chi connectivity index (χ4v) is 3.13. The van der Waals surface area contributed by atoms with Crippen LogP contribution in [0.4, 0.5) is 0 Å². The lowest BCUT2D eigenvalue weighted by Gasteiger charge is -2.32. The summed E-state index contributed by atoms with van der Waals surface area (Å²) in [6, 6.07) is 8.15. The van der Waals surface area contributed by atoms with Gasteiger partial charge in [-0.1, -0.05) is 31.5 Å². The van der Waals surface area contributed by atoms with Gasteiger partial charge in [0.1, 0.15) is 17.8 Å². The molecule has 0 bridgehead atoms. The molecule has 2 atom stereocenters. The molecule has 0 spiro atoms. The van der Waals surface area contributed by atoms with E-state index in [1.807, 2.05) is 31.4 Å². The van der Waals surface area contributed by atoms with Crippen molar-refractivity contribution in [3.8, 4) is 5.75 Å². The van der Waals surface area contributed by atoms with Crippen LogP contribution in [0.1, 0.15) is 50.5 Å². The molecule has 21 heavy (non-hydrogen) atoms. The van der Waals surface area contributed by atoms with Crippen molar-refractivity contribution in [2.45, 2.75) is 51.0 Å². The number of carbonyl (C=O) groups excluding carboxylic acids is 1. The molecule has 1 aromatic carbocycles. The van der Waals surface area contributed by atoms with Gasteiger partial charge in [0, 0.05) is 17.9 Å². The second-order valence-corrected chi connectivity index (χ2v) is 6.17. The summed E-state index contributed by atoms with van der Waals surface area (Å²) in [6.07, 6.45) is 6.77. The zero-order valence-corrected chi connectivity index (χ0v) is 13.7. The highest BCUT2D eigenvalue weighted by Crippen LogP contribution is 2.39. The van der Waals surface area contributed by atoms with E-state index in [-0.39, 0.29) is 18.0 Å². The van der Waals surface area contributed by atoms with Gasteiger partial charge in [0.2, 0.25) is 0 Å². The van der Waals surface area contributed by atoms with Crippen LogP contribution in [-0.2, 0) is 9.53 Å². The van der Waals surface area contributed by atoms with Crippen molar-refractivity contribution >= 4 is 17.7 Å². The Kier molecular flexibility index (Phi) is 6.43. The van der Waals surface area contributed by atoms with E-state index in [2.05, 4.69) is 6.07 Å². The number of ether oxygens (including phenoxy) is 2. The molecule has 1 saturated carbocycles. The maximum absolute atomic E-state index is 11.7. The third kappa shape index (κ3) is 4.40. The van der Waals surface area contributed by atoms with Crippen molar-refractivity contribution in [2.24, 2.45) is 0 Å². The van der Waals surface area contributed by atoms with Gasteiger partial charge in [-0.25, -0.2) is 0 Å². The van der Waals surface area contributed by atoms with Gasteiger partial charge in [0.25, 0.3) is 0 Å². The molecule has 1 aliphatic carbocycles. The van der Waals surface area contributed by atoms with Gasteiger partial charge in [0.05, 0.1) is 0 Å². The van der Waals surface area contributed by atoms with E-state index >= 15 is 0 Å². The normalized spacial score (nSPS) is 21.8. The molecule has 0 aromatic heterocycles. The standard InChI is InChI=1S/C17H24O3S/c1-3-17(18)20-16-11-7-5-9-14(16)13-8-4-6-10-15(13)19-12-21-2/h4,6,8,10,14,16H,3,5,7,9,11-12H2,1-2H3/t14-,16+/m1/s1. The van der Waals surface area contributed by atoms with Gasteiger partial charge < -0.3 is 9.47 Å². The van der Waals surface area contributed by atoms with Crippen LogP contribution in [0.2, 0.25) is 0 Å². The van der Waals surface area contributed by atoms with Gasteiger partial charge >= 0.3 is 5.97 Å². The first-order valence-electron chi connectivity index (χ1n) is 7.66. The molecule has 1 aromatic rings. The molecule has 0 aliphatic heterocycles. The summed E-state index contributed by atoms with van der Waals surface area (Å²) in [5.41, 5.74) is 1.18. The first-order valence-corrected chi connectivity index (χ1v) is 9.05. The Morgan fingerprint density at radius 3 is 2.81 bits per heavy atom. The van der Waals surface area contributed by atoms with Gasteiger partial charge in [-0.15, -0.1) is 11.8 Å². The zero-order valence-electron chi connectivity index (χ0n) is 12.8. The molecule has 4 heteroatoms. The van der Waals surface area contributed by atoms with Gasteiger partial charge in [-0.3, -0.25) is 4.79 Å². The summed E-state index contributed by atoms with van der Waals surface area (Å²) >= 11 is 1.66. The van der Waals surface area contributed by atoms with Crippen molar-refractivity contribution in [1.29, 1.82) is 0 Å². The molecular weight excluding hydrogens is 284 g/mol. The molecule has 2 rings (SSSR count). The summed E-state index contributed by atoms with van der Waals surface area (Å²) in [5.74, 6) is 1.72. The second kappa shape index (κ2) is 8.32. The number of rotatable bonds is 6. The number of benzene rings is 1. The minimum atomic E-state index is -0.102.